The van der Waals surface area contributed by atoms with Gasteiger partial charge in [-0.25, -0.2) is 4.98 Å². The van der Waals surface area contributed by atoms with Gasteiger partial charge in [0.15, 0.2) is 0 Å². The smallest absolute Gasteiger partial charge is 0.274 e. The van der Waals surface area contributed by atoms with Crippen molar-refractivity contribution < 1.29 is 9.59 Å². The fourth-order valence-corrected chi connectivity index (χ4v) is 4.15. The van der Waals surface area contributed by atoms with E-state index in [1.165, 1.54) is 5.56 Å². The van der Waals surface area contributed by atoms with E-state index in [4.69, 9.17) is 0 Å². The number of imidazole rings is 1. The number of rotatable bonds is 3. The van der Waals surface area contributed by atoms with E-state index in [0.717, 1.165) is 17.6 Å². The number of amides is 2. The largest absolute Gasteiger partial charge is 0.334 e. The Hall–Kier alpha value is -3.93. The van der Waals surface area contributed by atoms with E-state index in [9.17, 15) is 9.59 Å². The first-order chi connectivity index (χ1) is 15.1. The lowest BCUT2D eigenvalue weighted by Gasteiger charge is -2.29. The summed E-state index contributed by atoms with van der Waals surface area (Å²) in [4.78, 5) is 32.2. The van der Waals surface area contributed by atoms with Crippen LogP contribution < -0.4 is 5.32 Å². The lowest BCUT2D eigenvalue weighted by molar-refractivity contribution is 0.0734. The molecule has 0 aliphatic carbocycles. The van der Waals surface area contributed by atoms with Crippen molar-refractivity contribution in [1.29, 1.82) is 0 Å². The zero-order chi connectivity index (χ0) is 21.4. The predicted molar refractivity (Wildman–Crippen MR) is 119 cm³/mol. The van der Waals surface area contributed by atoms with Crippen molar-refractivity contribution in [2.45, 2.75) is 19.9 Å². The molecule has 0 atom stereocenters. The van der Waals surface area contributed by atoms with Crippen LogP contribution in [0.15, 0.2) is 72.9 Å². The second-order valence-electron chi connectivity index (χ2n) is 7.76. The van der Waals surface area contributed by atoms with Gasteiger partial charge in [0.2, 0.25) is 0 Å². The topological polar surface area (TPSA) is 66.7 Å². The Balaban J connectivity index is 1.37. The molecule has 0 spiro atoms. The summed E-state index contributed by atoms with van der Waals surface area (Å²) in [6.07, 6.45) is 2.64. The molecule has 154 valence electrons. The van der Waals surface area contributed by atoms with E-state index in [0.29, 0.717) is 35.7 Å². The Morgan fingerprint density at radius 1 is 0.968 bits per heavy atom. The van der Waals surface area contributed by atoms with Crippen molar-refractivity contribution in [2.24, 2.45) is 0 Å². The highest BCUT2D eigenvalue weighted by molar-refractivity contribution is 6.04. The maximum atomic E-state index is 13.0. The number of carbonyl (C=O) groups is 2. The number of fused-ring (bicyclic) bond motifs is 2. The van der Waals surface area contributed by atoms with E-state index in [1.54, 1.807) is 4.40 Å². The molecule has 6 heteroatoms. The summed E-state index contributed by atoms with van der Waals surface area (Å²) >= 11 is 0. The third-order valence-electron chi connectivity index (χ3n) is 5.70. The average molecular weight is 410 g/mol. The van der Waals surface area contributed by atoms with E-state index < -0.39 is 0 Å². The highest BCUT2D eigenvalue weighted by Crippen LogP contribution is 2.24. The van der Waals surface area contributed by atoms with Crippen LogP contribution in [-0.4, -0.2) is 32.6 Å². The quantitative estimate of drug-likeness (QED) is 0.553. The Labute approximate surface area is 180 Å². The normalized spacial score (nSPS) is 13.1. The molecular weight excluding hydrogens is 388 g/mol. The van der Waals surface area contributed by atoms with Crippen LogP contribution in [0.25, 0.3) is 5.65 Å². The first-order valence-electron chi connectivity index (χ1n) is 10.3. The number of hydrogen-bond acceptors (Lipinski definition) is 3. The number of nitrogens with one attached hydrogen (secondary N) is 1. The van der Waals surface area contributed by atoms with Crippen molar-refractivity contribution >= 4 is 23.1 Å². The third kappa shape index (κ3) is 3.57. The van der Waals surface area contributed by atoms with Gasteiger partial charge in [0, 0.05) is 30.5 Å². The molecule has 0 saturated carbocycles. The minimum absolute atomic E-state index is 0.0297. The average Bonchev–Trinajstić information content (AvgIpc) is 3.14. The highest BCUT2D eigenvalue weighted by Gasteiger charge is 2.23. The van der Waals surface area contributed by atoms with Crippen LogP contribution in [0.3, 0.4) is 0 Å². The number of aromatic nitrogens is 2. The van der Waals surface area contributed by atoms with E-state index >= 15 is 0 Å². The van der Waals surface area contributed by atoms with Gasteiger partial charge in [0.1, 0.15) is 11.3 Å². The molecule has 2 aromatic heterocycles. The summed E-state index contributed by atoms with van der Waals surface area (Å²) < 4.78 is 1.79. The molecule has 1 aliphatic rings. The third-order valence-corrected chi connectivity index (χ3v) is 5.70. The summed E-state index contributed by atoms with van der Waals surface area (Å²) in [6, 6.07) is 20.9. The molecule has 0 unspecified atom stereocenters. The van der Waals surface area contributed by atoms with Crippen molar-refractivity contribution in [3.8, 4) is 0 Å². The summed E-state index contributed by atoms with van der Waals surface area (Å²) in [7, 11) is 0. The molecule has 1 aliphatic heterocycles. The fraction of sp³-hybridized carbons (Fsp3) is 0.160. The maximum absolute atomic E-state index is 13.0. The van der Waals surface area contributed by atoms with Gasteiger partial charge < -0.3 is 10.2 Å². The van der Waals surface area contributed by atoms with Crippen molar-refractivity contribution in [2.75, 3.05) is 11.9 Å². The monoisotopic (exact) mass is 410 g/mol. The number of aryl methyl sites for hydroxylation is 1. The van der Waals surface area contributed by atoms with Crippen molar-refractivity contribution in [1.82, 2.24) is 14.3 Å². The highest BCUT2D eigenvalue weighted by atomic mass is 16.2. The van der Waals surface area contributed by atoms with E-state index in [-0.39, 0.29) is 11.8 Å². The molecule has 31 heavy (non-hydrogen) atoms. The number of hydrogen-bond donors (Lipinski definition) is 1. The number of pyridine rings is 1. The summed E-state index contributed by atoms with van der Waals surface area (Å²) in [6.45, 7) is 3.05. The van der Waals surface area contributed by atoms with Gasteiger partial charge in [0.25, 0.3) is 11.8 Å². The molecule has 2 amide bonds. The molecule has 4 aromatic rings. The van der Waals surface area contributed by atoms with Crippen LogP contribution in [0.5, 0.6) is 0 Å². The standard InChI is InChI=1S/C25H22N4O2/c1-17-23(29-13-6-5-9-22(29)26-17)24(30)27-21-11-10-18-12-14-28(16-20(18)15-21)25(31)19-7-3-2-4-8-19/h2-11,13,15H,12,14,16H2,1H3,(H,27,30). The molecular formula is C25H22N4O2. The van der Waals surface area contributed by atoms with Crippen LogP contribution in [0.2, 0.25) is 0 Å². The number of anilines is 1. The zero-order valence-corrected chi connectivity index (χ0v) is 17.2. The SMILES string of the molecule is Cc1nc2ccccn2c1C(=O)Nc1ccc2c(c1)CN(C(=O)c1ccccc1)CC2. The van der Waals surface area contributed by atoms with E-state index in [1.807, 2.05) is 84.8 Å². The summed E-state index contributed by atoms with van der Waals surface area (Å²) in [5.41, 5.74) is 5.62. The Morgan fingerprint density at radius 3 is 2.61 bits per heavy atom. The number of benzene rings is 2. The first kappa shape index (κ1) is 19.1. The summed E-state index contributed by atoms with van der Waals surface area (Å²) in [5, 5.41) is 3.00. The number of nitrogens with zero attached hydrogens (tertiary/aromatic N) is 3. The van der Waals surface area contributed by atoms with Crippen LogP contribution in [0.4, 0.5) is 5.69 Å². The molecule has 3 heterocycles. The van der Waals surface area contributed by atoms with Crippen LogP contribution in [0.1, 0.15) is 37.7 Å². The van der Waals surface area contributed by atoms with Gasteiger partial charge in [0.05, 0.1) is 5.69 Å². The fourth-order valence-electron chi connectivity index (χ4n) is 4.15. The van der Waals surface area contributed by atoms with Crippen molar-refractivity contribution in [3.63, 3.8) is 0 Å². The van der Waals surface area contributed by atoms with Gasteiger partial charge in [-0.1, -0.05) is 30.3 Å². The van der Waals surface area contributed by atoms with Crippen molar-refractivity contribution in [3.05, 3.63) is 101 Å². The molecule has 6 nitrogen and oxygen atoms in total. The molecule has 1 N–H and O–H groups in total. The molecule has 0 bridgehead atoms. The van der Waals surface area contributed by atoms with Crippen LogP contribution in [-0.2, 0) is 13.0 Å². The number of carbonyl (C=O) groups excluding carboxylic acids is 2. The molecule has 0 saturated heterocycles. The molecule has 2 aromatic carbocycles. The summed E-state index contributed by atoms with van der Waals surface area (Å²) in [5.74, 6) is -0.175. The van der Waals surface area contributed by atoms with Crippen LogP contribution >= 0.6 is 0 Å². The van der Waals surface area contributed by atoms with Crippen LogP contribution in [0, 0.1) is 6.92 Å². The lowest BCUT2D eigenvalue weighted by Crippen LogP contribution is -2.36. The molecule has 5 rings (SSSR count). The molecule has 0 fully saturated rings. The first-order valence-corrected chi connectivity index (χ1v) is 10.3. The molecule has 0 radical (unpaired) electrons. The van der Waals surface area contributed by atoms with Gasteiger partial charge in [-0.3, -0.25) is 14.0 Å². The van der Waals surface area contributed by atoms with Gasteiger partial charge in [-0.15, -0.1) is 0 Å². The minimum atomic E-state index is -0.204. The Morgan fingerprint density at radius 2 is 1.77 bits per heavy atom. The minimum Gasteiger partial charge on any atom is -0.334 e. The zero-order valence-electron chi connectivity index (χ0n) is 17.2. The van der Waals surface area contributed by atoms with Gasteiger partial charge in [-0.2, -0.15) is 0 Å². The second-order valence-corrected chi connectivity index (χ2v) is 7.76. The Bertz CT molecular complexity index is 1290. The lowest BCUT2D eigenvalue weighted by atomic mass is 9.98. The van der Waals surface area contributed by atoms with Gasteiger partial charge >= 0.3 is 0 Å². The van der Waals surface area contributed by atoms with Gasteiger partial charge in [-0.05, 0) is 60.9 Å². The second kappa shape index (κ2) is 7.72. The maximum Gasteiger partial charge on any atom is 0.274 e. The predicted octanol–water partition coefficient (Wildman–Crippen LogP) is 4.09. The Kier molecular flexibility index (Phi) is 4.75. The van der Waals surface area contributed by atoms with E-state index in [2.05, 4.69) is 10.3 Å².